The molecular formula is C29H31N3O. The Labute approximate surface area is 196 Å². The Hall–Kier alpha value is -3.11. The number of benzene rings is 3. The van der Waals surface area contributed by atoms with Crippen LogP contribution in [0.2, 0.25) is 0 Å². The van der Waals surface area contributed by atoms with Gasteiger partial charge in [-0.3, -0.25) is 9.69 Å². The molecule has 3 aromatic carbocycles. The number of carbonyl (C=O) groups excluding carboxylic acids is 1. The first-order chi connectivity index (χ1) is 16.3. The molecule has 33 heavy (non-hydrogen) atoms. The van der Waals surface area contributed by atoms with Crippen LogP contribution < -0.4 is 4.90 Å². The summed E-state index contributed by atoms with van der Waals surface area (Å²) in [7, 11) is 0. The highest BCUT2D eigenvalue weighted by molar-refractivity contribution is 5.83. The topological polar surface area (TPSA) is 26.8 Å². The van der Waals surface area contributed by atoms with Crippen LogP contribution in [0.25, 0.3) is 0 Å². The van der Waals surface area contributed by atoms with Crippen molar-refractivity contribution in [3.8, 4) is 0 Å². The van der Waals surface area contributed by atoms with Gasteiger partial charge in [0, 0.05) is 50.9 Å². The van der Waals surface area contributed by atoms with Gasteiger partial charge in [-0.1, -0.05) is 78.9 Å². The molecule has 1 saturated carbocycles. The number of fused-ring (bicyclic) bond motifs is 3. The predicted molar refractivity (Wildman–Crippen MR) is 132 cm³/mol. The summed E-state index contributed by atoms with van der Waals surface area (Å²) in [6.45, 7) is 5.54. The van der Waals surface area contributed by atoms with E-state index >= 15 is 0 Å². The van der Waals surface area contributed by atoms with Gasteiger partial charge in [0.2, 0.25) is 5.91 Å². The molecule has 0 spiro atoms. The van der Waals surface area contributed by atoms with Gasteiger partial charge in [-0.05, 0) is 35.1 Å². The van der Waals surface area contributed by atoms with Crippen LogP contribution in [0.15, 0.2) is 84.9 Å². The van der Waals surface area contributed by atoms with Crippen molar-refractivity contribution in [2.75, 3.05) is 31.1 Å². The number of para-hydroxylation sites is 1. The van der Waals surface area contributed by atoms with E-state index in [4.69, 9.17) is 0 Å². The van der Waals surface area contributed by atoms with Gasteiger partial charge in [-0.25, -0.2) is 0 Å². The van der Waals surface area contributed by atoms with E-state index in [2.05, 4.69) is 93.6 Å². The van der Waals surface area contributed by atoms with Gasteiger partial charge in [0.25, 0.3) is 0 Å². The molecule has 1 unspecified atom stereocenters. The molecule has 3 aromatic rings. The first-order valence-corrected chi connectivity index (χ1v) is 12.2. The number of anilines is 1. The third kappa shape index (κ3) is 4.16. The fourth-order valence-corrected chi connectivity index (χ4v) is 5.77. The molecule has 1 saturated heterocycles. The smallest absolute Gasteiger partial charge is 0.226 e. The van der Waals surface area contributed by atoms with Crippen LogP contribution in [0.4, 0.5) is 5.69 Å². The van der Waals surface area contributed by atoms with Crippen LogP contribution in [0.3, 0.4) is 0 Å². The quantitative estimate of drug-likeness (QED) is 0.600. The molecule has 3 aliphatic rings. The predicted octanol–water partition coefficient (Wildman–Crippen LogP) is 4.52. The van der Waals surface area contributed by atoms with Crippen LogP contribution in [0.1, 0.15) is 29.0 Å². The van der Waals surface area contributed by atoms with Gasteiger partial charge in [-0.15, -0.1) is 0 Å². The second kappa shape index (κ2) is 8.68. The summed E-state index contributed by atoms with van der Waals surface area (Å²) in [4.78, 5) is 20.9. The number of carbonyl (C=O) groups is 1. The number of rotatable bonds is 4. The molecule has 168 valence electrons. The molecule has 0 N–H and O–H groups in total. The van der Waals surface area contributed by atoms with Crippen molar-refractivity contribution in [3.05, 3.63) is 102 Å². The molecule has 0 aromatic heterocycles. The van der Waals surface area contributed by atoms with E-state index in [0.717, 1.165) is 45.7 Å². The Morgan fingerprint density at radius 2 is 1.55 bits per heavy atom. The Kier molecular flexibility index (Phi) is 5.39. The maximum absolute atomic E-state index is 13.6. The number of amides is 1. The van der Waals surface area contributed by atoms with Crippen LogP contribution >= 0.6 is 0 Å². The third-order valence-electron chi connectivity index (χ3n) is 7.56. The Morgan fingerprint density at radius 1 is 0.818 bits per heavy atom. The monoisotopic (exact) mass is 437 g/mol. The van der Waals surface area contributed by atoms with E-state index in [-0.39, 0.29) is 5.92 Å². The molecule has 2 heterocycles. The summed E-state index contributed by atoms with van der Waals surface area (Å²) in [6.07, 6.45) is 0.982. The standard InChI is InChI=1S/C29H31N3O/c33-29(27-17-26(27)23-11-5-2-6-12-23)31-19-24-13-7-8-14-28(24)32-16-15-30(20-25(32)21-31)18-22-9-3-1-4-10-22/h1-14,25-27H,15-21H2/t25?,26-,27+/m0/s1. The molecule has 2 fully saturated rings. The summed E-state index contributed by atoms with van der Waals surface area (Å²) in [5.41, 5.74) is 5.25. The van der Waals surface area contributed by atoms with Crippen molar-refractivity contribution in [2.45, 2.75) is 31.5 Å². The van der Waals surface area contributed by atoms with Gasteiger partial charge in [0.1, 0.15) is 0 Å². The summed E-state index contributed by atoms with van der Waals surface area (Å²) in [5, 5.41) is 0. The van der Waals surface area contributed by atoms with Gasteiger partial charge in [-0.2, -0.15) is 0 Å². The molecule has 1 aliphatic carbocycles. The molecular weight excluding hydrogens is 406 g/mol. The zero-order valence-electron chi connectivity index (χ0n) is 19.0. The molecule has 2 aliphatic heterocycles. The number of piperazine rings is 1. The number of nitrogens with zero attached hydrogens (tertiary/aromatic N) is 3. The minimum absolute atomic E-state index is 0.134. The zero-order valence-corrected chi connectivity index (χ0v) is 19.0. The molecule has 4 heteroatoms. The molecule has 0 bridgehead atoms. The van der Waals surface area contributed by atoms with Crippen LogP contribution in [0.5, 0.6) is 0 Å². The van der Waals surface area contributed by atoms with E-state index in [1.54, 1.807) is 0 Å². The van der Waals surface area contributed by atoms with E-state index in [1.165, 1.54) is 22.4 Å². The van der Waals surface area contributed by atoms with Crippen molar-refractivity contribution < 1.29 is 4.79 Å². The van der Waals surface area contributed by atoms with Crippen LogP contribution in [-0.4, -0.2) is 47.9 Å². The maximum atomic E-state index is 13.6. The van der Waals surface area contributed by atoms with Gasteiger partial charge >= 0.3 is 0 Å². The minimum Gasteiger partial charge on any atom is -0.364 e. The number of hydrogen-bond donors (Lipinski definition) is 0. The van der Waals surface area contributed by atoms with Gasteiger partial charge in [0.15, 0.2) is 0 Å². The third-order valence-corrected chi connectivity index (χ3v) is 7.56. The van der Waals surface area contributed by atoms with E-state index in [1.807, 2.05) is 6.07 Å². The summed E-state index contributed by atoms with van der Waals surface area (Å²) in [5.74, 6) is 0.852. The summed E-state index contributed by atoms with van der Waals surface area (Å²) in [6, 6.07) is 30.3. The van der Waals surface area contributed by atoms with E-state index in [9.17, 15) is 4.79 Å². The van der Waals surface area contributed by atoms with Crippen LogP contribution in [0, 0.1) is 5.92 Å². The van der Waals surface area contributed by atoms with Gasteiger partial charge < -0.3 is 9.80 Å². The van der Waals surface area contributed by atoms with Crippen molar-refractivity contribution in [1.29, 1.82) is 0 Å². The first kappa shape index (κ1) is 20.5. The number of hydrogen-bond acceptors (Lipinski definition) is 3. The molecule has 1 amide bonds. The Bertz CT molecular complexity index is 1120. The van der Waals surface area contributed by atoms with E-state index < -0.39 is 0 Å². The zero-order chi connectivity index (χ0) is 22.2. The Balaban J connectivity index is 1.22. The first-order valence-electron chi connectivity index (χ1n) is 12.2. The molecule has 3 atom stereocenters. The van der Waals surface area contributed by atoms with Crippen LogP contribution in [-0.2, 0) is 17.9 Å². The lowest BCUT2D eigenvalue weighted by atomic mass is 10.1. The second-order valence-electron chi connectivity index (χ2n) is 9.77. The second-order valence-corrected chi connectivity index (χ2v) is 9.77. The summed E-state index contributed by atoms with van der Waals surface area (Å²) >= 11 is 0. The highest BCUT2D eigenvalue weighted by atomic mass is 16.2. The molecule has 4 nitrogen and oxygen atoms in total. The summed E-state index contributed by atoms with van der Waals surface area (Å²) < 4.78 is 0. The largest absolute Gasteiger partial charge is 0.364 e. The average Bonchev–Trinajstić information content (AvgIpc) is 3.68. The fraction of sp³-hybridized carbons (Fsp3) is 0.345. The SMILES string of the molecule is O=C([C@@H]1C[C@H]1c1ccccc1)N1Cc2ccccc2N2CCN(Cc3ccccc3)CC2C1. The van der Waals surface area contributed by atoms with Crippen molar-refractivity contribution in [2.24, 2.45) is 5.92 Å². The van der Waals surface area contributed by atoms with Crippen molar-refractivity contribution in [1.82, 2.24) is 9.80 Å². The molecule has 6 rings (SSSR count). The maximum Gasteiger partial charge on any atom is 0.226 e. The normalized spacial score (nSPS) is 24.5. The van der Waals surface area contributed by atoms with Crippen molar-refractivity contribution in [3.63, 3.8) is 0 Å². The van der Waals surface area contributed by atoms with E-state index in [0.29, 0.717) is 17.9 Å². The van der Waals surface area contributed by atoms with Crippen molar-refractivity contribution >= 4 is 11.6 Å². The minimum atomic E-state index is 0.134. The molecule has 0 radical (unpaired) electrons. The average molecular weight is 438 g/mol. The lowest BCUT2D eigenvalue weighted by Gasteiger charge is -2.43. The highest BCUT2D eigenvalue weighted by Gasteiger charge is 2.47. The lowest BCUT2D eigenvalue weighted by Crippen LogP contribution is -2.56. The fourth-order valence-electron chi connectivity index (χ4n) is 5.77. The van der Waals surface area contributed by atoms with Gasteiger partial charge in [0.05, 0.1) is 6.04 Å². The lowest BCUT2D eigenvalue weighted by molar-refractivity contribution is -0.133. The Morgan fingerprint density at radius 3 is 2.36 bits per heavy atom. The highest BCUT2D eigenvalue weighted by Crippen LogP contribution is 2.49.